The topological polar surface area (TPSA) is 74.8 Å². The quantitative estimate of drug-likeness (QED) is 0.144. The van der Waals surface area contributed by atoms with Crippen molar-refractivity contribution in [1.82, 2.24) is 9.13 Å². The third-order valence-electron chi connectivity index (χ3n) is 8.81. The maximum absolute atomic E-state index is 14.6. The maximum Gasteiger partial charge on any atom is 0.338 e. The molecule has 1 atom stereocenters. The van der Waals surface area contributed by atoms with Gasteiger partial charge in [-0.3, -0.25) is 9.36 Å². The van der Waals surface area contributed by atoms with E-state index in [1.165, 1.54) is 16.9 Å². The summed E-state index contributed by atoms with van der Waals surface area (Å²) in [6, 6.07) is 38.0. The third-order valence-corrected chi connectivity index (χ3v) is 9.79. The van der Waals surface area contributed by atoms with Gasteiger partial charge in [0.05, 0.1) is 45.9 Å². The summed E-state index contributed by atoms with van der Waals surface area (Å²) in [6.07, 6.45) is 1.97. The molecule has 0 amide bonds. The predicted molar refractivity (Wildman–Crippen MR) is 204 cm³/mol. The van der Waals surface area contributed by atoms with E-state index in [0.29, 0.717) is 26.4 Å². The number of carbonyl (C=O) groups is 1. The van der Waals surface area contributed by atoms with Crippen LogP contribution in [0.1, 0.15) is 50.4 Å². The minimum absolute atomic E-state index is 0.00909. The van der Waals surface area contributed by atoms with Crippen molar-refractivity contribution >= 4 is 23.4 Å². The van der Waals surface area contributed by atoms with E-state index in [4.69, 9.17) is 14.5 Å². The summed E-state index contributed by atoms with van der Waals surface area (Å²) in [5.41, 5.74) is 8.50. The number of fused-ring (bicyclic) bond motifs is 1. The zero-order chi connectivity index (χ0) is 35.6. The van der Waals surface area contributed by atoms with Gasteiger partial charge in [0, 0.05) is 11.3 Å². The highest BCUT2D eigenvalue weighted by atomic mass is 32.1. The van der Waals surface area contributed by atoms with Crippen LogP contribution in [0.3, 0.4) is 0 Å². The zero-order valence-electron chi connectivity index (χ0n) is 29.3. The normalized spacial score (nSPS) is 14.4. The number of thiazole rings is 1. The van der Waals surface area contributed by atoms with Crippen LogP contribution in [0.25, 0.3) is 34.3 Å². The first-order chi connectivity index (χ1) is 24.7. The fourth-order valence-corrected chi connectivity index (χ4v) is 7.60. The minimum atomic E-state index is -0.721. The molecule has 1 aliphatic heterocycles. The fourth-order valence-electron chi connectivity index (χ4n) is 6.56. The molecule has 0 unspecified atom stereocenters. The molecular formula is C43H39N3O4S. The zero-order valence-corrected chi connectivity index (χ0v) is 30.1. The Balaban J connectivity index is 1.47. The van der Waals surface area contributed by atoms with Crippen LogP contribution in [0.2, 0.25) is 0 Å². The van der Waals surface area contributed by atoms with Gasteiger partial charge >= 0.3 is 5.97 Å². The van der Waals surface area contributed by atoms with Gasteiger partial charge in [-0.15, -0.1) is 0 Å². The second-order valence-electron chi connectivity index (χ2n) is 12.8. The molecule has 0 N–H and O–H groups in total. The Morgan fingerprint density at radius 3 is 2.16 bits per heavy atom. The summed E-state index contributed by atoms with van der Waals surface area (Å²) in [5, 5.41) is 0. The number of aryl methyl sites for hydroxylation is 1. The van der Waals surface area contributed by atoms with Gasteiger partial charge in [-0.05, 0) is 87.7 Å². The van der Waals surface area contributed by atoms with Crippen molar-refractivity contribution in [2.24, 2.45) is 4.99 Å². The highest BCUT2D eigenvalue weighted by Gasteiger charge is 2.33. The van der Waals surface area contributed by atoms with Crippen molar-refractivity contribution in [1.29, 1.82) is 0 Å². The molecule has 8 heteroatoms. The number of hydrogen-bond donors (Lipinski definition) is 0. The van der Waals surface area contributed by atoms with Crippen molar-refractivity contribution in [3.63, 3.8) is 0 Å². The molecule has 0 bridgehead atoms. The van der Waals surface area contributed by atoms with E-state index in [1.807, 2.05) is 80.6 Å². The molecule has 0 fully saturated rings. The molecule has 0 aliphatic carbocycles. The van der Waals surface area contributed by atoms with E-state index in [-0.39, 0.29) is 18.3 Å². The molecule has 7 nitrogen and oxygen atoms in total. The summed E-state index contributed by atoms with van der Waals surface area (Å²) in [6.45, 7) is 9.80. The average Bonchev–Trinajstić information content (AvgIpc) is 3.65. The molecule has 6 aromatic rings. The lowest BCUT2D eigenvalue weighted by Crippen LogP contribution is -2.39. The number of aromatic nitrogens is 2. The Morgan fingerprint density at radius 1 is 0.882 bits per heavy atom. The van der Waals surface area contributed by atoms with Gasteiger partial charge in [0.1, 0.15) is 5.75 Å². The predicted octanol–water partition coefficient (Wildman–Crippen LogP) is 8.02. The van der Waals surface area contributed by atoms with Crippen molar-refractivity contribution < 1.29 is 14.3 Å². The van der Waals surface area contributed by atoms with Gasteiger partial charge in [-0.25, -0.2) is 9.79 Å². The van der Waals surface area contributed by atoms with E-state index in [0.717, 1.165) is 39.3 Å². The van der Waals surface area contributed by atoms with E-state index in [9.17, 15) is 9.59 Å². The number of allylic oxidation sites excluding steroid dienone is 1. The van der Waals surface area contributed by atoms with E-state index < -0.39 is 12.0 Å². The lowest BCUT2D eigenvalue weighted by Gasteiger charge is -2.25. The molecule has 7 rings (SSSR count). The van der Waals surface area contributed by atoms with Crippen LogP contribution in [-0.4, -0.2) is 27.8 Å². The van der Waals surface area contributed by atoms with E-state index in [1.54, 1.807) is 18.4 Å². The van der Waals surface area contributed by atoms with Gasteiger partial charge in [0.2, 0.25) is 0 Å². The summed E-state index contributed by atoms with van der Waals surface area (Å²) in [4.78, 5) is 33.4. The largest absolute Gasteiger partial charge is 0.491 e. The first kappa shape index (κ1) is 33.8. The third kappa shape index (κ3) is 6.62. The second kappa shape index (κ2) is 14.2. The Labute approximate surface area is 301 Å². The van der Waals surface area contributed by atoms with Crippen LogP contribution in [0.4, 0.5) is 0 Å². The first-order valence-electron chi connectivity index (χ1n) is 17.1. The van der Waals surface area contributed by atoms with Crippen LogP contribution >= 0.6 is 11.3 Å². The molecular weight excluding hydrogens is 655 g/mol. The smallest absolute Gasteiger partial charge is 0.338 e. The molecule has 256 valence electrons. The Hall–Kier alpha value is -5.73. The van der Waals surface area contributed by atoms with Gasteiger partial charge in [-0.2, -0.15) is 0 Å². The van der Waals surface area contributed by atoms with Crippen LogP contribution in [0.15, 0.2) is 136 Å². The number of esters is 1. The van der Waals surface area contributed by atoms with Crippen LogP contribution < -0.4 is 19.6 Å². The van der Waals surface area contributed by atoms with E-state index in [2.05, 4.69) is 66.1 Å². The van der Waals surface area contributed by atoms with Gasteiger partial charge in [0.25, 0.3) is 5.56 Å². The fraction of sp³-hybridized carbons (Fsp3) is 0.186. The SMILES string of the molecule is CCOC(=O)C1=C(C)N=c2s/c(=C\c3cc(-c4ccccc4)n(-c4ccc(C)cc4)c3-c3ccccc3)c(=O)n2[C@H]1c1ccc(OC(C)C)cc1. The van der Waals surface area contributed by atoms with Crippen LogP contribution in [0, 0.1) is 6.92 Å². The van der Waals surface area contributed by atoms with Crippen molar-refractivity contribution in [2.75, 3.05) is 6.61 Å². The number of hydrogen-bond acceptors (Lipinski definition) is 6. The van der Waals surface area contributed by atoms with Crippen molar-refractivity contribution in [3.8, 4) is 34.0 Å². The number of rotatable bonds is 9. The molecule has 1 aliphatic rings. The lowest BCUT2D eigenvalue weighted by molar-refractivity contribution is -0.139. The van der Waals surface area contributed by atoms with Crippen LogP contribution in [-0.2, 0) is 9.53 Å². The molecule has 51 heavy (non-hydrogen) atoms. The molecule has 0 spiro atoms. The van der Waals surface area contributed by atoms with E-state index >= 15 is 0 Å². The number of nitrogens with zero attached hydrogens (tertiary/aromatic N) is 3. The summed E-state index contributed by atoms with van der Waals surface area (Å²) in [7, 11) is 0. The Kier molecular flexibility index (Phi) is 9.43. The summed E-state index contributed by atoms with van der Waals surface area (Å²) in [5.74, 6) is 0.217. The highest BCUT2D eigenvalue weighted by molar-refractivity contribution is 7.07. The van der Waals surface area contributed by atoms with Crippen LogP contribution in [0.5, 0.6) is 5.75 Å². The Morgan fingerprint density at radius 2 is 1.53 bits per heavy atom. The molecule has 2 aromatic heterocycles. The molecule has 0 saturated carbocycles. The molecule has 4 aromatic carbocycles. The molecule has 0 radical (unpaired) electrons. The van der Waals surface area contributed by atoms with Gasteiger partial charge < -0.3 is 14.0 Å². The minimum Gasteiger partial charge on any atom is -0.491 e. The summed E-state index contributed by atoms with van der Waals surface area (Å²) < 4.78 is 15.8. The number of ether oxygens (including phenoxy) is 2. The monoisotopic (exact) mass is 693 g/mol. The molecule has 3 heterocycles. The van der Waals surface area contributed by atoms with Gasteiger partial charge in [-0.1, -0.05) is 102 Å². The first-order valence-corrected chi connectivity index (χ1v) is 17.9. The molecule has 0 saturated heterocycles. The second-order valence-corrected chi connectivity index (χ2v) is 13.8. The highest BCUT2D eigenvalue weighted by Crippen LogP contribution is 2.37. The number of benzene rings is 4. The summed E-state index contributed by atoms with van der Waals surface area (Å²) >= 11 is 1.32. The maximum atomic E-state index is 14.6. The number of carbonyl (C=O) groups excluding carboxylic acids is 1. The Bertz CT molecular complexity index is 2420. The van der Waals surface area contributed by atoms with Gasteiger partial charge in [0.15, 0.2) is 4.80 Å². The van der Waals surface area contributed by atoms with Crippen molar-refractivity contribution in [3.05, 3.63) is 163 Å². The van der Waals surface area contributed by atoms with Crippen molar-refractivity contribution in [2.45, 2.75) is 46.8 Å². The lowest BCUT2D eigenvalue weighted by atomic mass is 9.96. The standard InChI is InChI=1S/C43H39N3O4S/c1-6-49-42(48)38-29(5)44-43-46(40(38)32-19-23-35(24-20-32)50-27(2)3)41(47)37(51-43)26-33-25-36(30-13-9-7-10-14-30)45(34-21-17-28(4)18-22-34)39(33)31-15-11-8-12-16-31/h7-27,40H,6H2,1-5H3/b37-26-/t40-/m0/s1. The average molecular weight is 694 g/mol.